The Morgan fingerprint density at radius 3 is 2.25 bits per heavy atom. The number of hydrogen-bond donors (Lipinski definition) is 2. The molecule has 3 N–H and O–H groups in total. The first kappa shape index (κ1) is 15.5. The van der Waals surface area contributed by atoms with E-state index in [1.54, 1.807) is 24.3 Å². The Balaban J connectivity index is 2.29. The first-order valence-electron chi connectivity index (χ1n) is 7.07. The van der Waals surface area contributed by atoms with Gasteiger partial charge in [0.15, 0.2) is 5.43 Å². The van der Waals surface area contributed by atoms with E-state index in [0.717, 1.165) is 0 Å². The van der Waals surface area contributed by atoms with Crippen molar-refractivity contribution in [2.75, 3.05) is 5.73 Å². The van der Waals surface area contributed by atoms with Gasteiger partial charge in [-0.2, -0.15) is 0 Å². The molecule has 2 aromatic carbocycles. The average Bonchev–Trinajstić information content (AvgIpc) is 2.56. The van der Waals surface area contributed by atoms with Crippen LogP contribution in [0.25, 0.3) is 16.9 Å². The molecule has 0 fully saturated rings. The largest absolute Gasteiger partial charge is 0.477 e. The minimum atomic E-state index is -1.32. The fourth-order valence-electron chi connectivity index (χ4n) is 2.39. The van der Waals surface area contributed by atoms with E-state index in [1.807, 2.05) is 0 Å². The van der Waals surface area contributed by atoms with Gasteiger partial charge in [0, 0.05) is 23.6 Å². The van der Waals surface area contributed by atoms with Crippen molar-refractivity contribution in [1.82, 2.24) is 4.57 Å². The number of carbonyl (C=O) groups is 1. The highest BCUT2D eigenvalue weighted by Crippen LogP contribution is 2.23. The van der Waals surface area contributed by atoms with Crippen LogP contribution < -0.4 is 11.2 Å². The van der Waals surface area contributed by atoms with E-state index in [-0.39, 0.29) is 5.56 Å². The normalized spacial score (nSPS) is 10.5. The predicted octanol–water partition coefficient (Wildman–Crippen LogP) is 2.92. The van der Waals surface area contributed by atoms with Crippen LogP contribution in [0.5, 0.6) is 0 Å². The van der Waals surface area contributed by atoms with E-state index in [9.17, 15) is 19.1 Å². The molecule has 0 saturated carbocycles. The second-order valence-corrected chi connectivity index (χ2v) is 5.21. The molecule has 0 spiro atoms. The molecule has 3 rings (SSSR count). The van der Waals surface area contributed by atoms with Crippen LogP contribution in [-0.4, -0.2) is 15.6 Å². The van der Waals surface area contributed by atoms with Crippen molar-refractivity contribution in [3.05, 3.63) is 82.4 Å². The maximum absolute atomic E-state index is 13.2. The molecular weight excluding hydrogens is 311 g/mol. The summed E-state index contributed by atoms with van der Waals surface area (Å²) in [6.07, 6.45) is 1.24. The monoisotopic (exact) mass is 324 g/mol. The van der Waals surface area contributed by atoms with Crippen molar-refractivity contribution < 1.29 is 14.3 Å². The van der Waals surface area contributed by atoms with Crippen LogP contribution in [0, 0.1) is 5.82 Å². The molecule has 5 nitrogen and oxygen atoms in total. The topological polar surface area (TPSA) is 85.3 Å². The number of benzene rings is 2. The second-order valence-electron chi connectivity index (χ2n) is 5.21. The van der Waals surface area contributed by atoms with E-state index in [0.29, 0.717) is 22.6 Å². The van der Waals surface area contributed by atoms with Crippen LogP contribution in [0.4, 0.5) is 10.1 Å². The summed E-state index contributed by atoms with van der Waals surface area (Å²) in [4.78, 5) is 23.3. The molecule has 0 aliphatic carbocycles. The van der Waals surface area contributed by atoms with Gasteiger partial charge in [-0.15, -0.1) is 0 Å². The van der Waals surface area contributed by atoms with Gasteiger partial charge in [0.1, 0.15) is 11.4 Å². The standard InChI is InChI=1S/C18H13FN2O3/c19-12-3-7-14(8-4-12)21-10-15(18(23)24)17(22)9-16(21)11-1-5-13(20)6-2-11/h1-10H,20H2,(H,23,24). The molecule has 0 radical (unpaired) electrons. The van der Waals surface area contributed by atoms with Crippen molar-refractivity contribution >= 4 is 11.7 Å². The molecule has 0 aliphatic rings. The highest BCUT2D eigenvalue weighted by Gasteiger charge is 2.14. The van der Waals surface area contributed by atoms with E-state index in [2.05, 4.69) is 0 Å². The van der Waals surface area contributed by atoms with Crippen LogP contribution in [0.15, 0.2) is 65.6 Å². The Hall–Kier alpha value is -3.41. The Bertz CT molecular complexity index is 961. The van der Waals surface area contributed by atoms with Gasteiger partial charge in [-0.1, -0.05) is 12.1 Å². The minimum absolute atomic E-state index is 0.362. The zero-order valence-corrected chi connectivity index (χ0v) is 12.4. The second kappa shape index (κ2) is 6.00. The van der Waals surface area contributed by atoms with Gasteiger partial charge >= 0.3 is 5.97 Å². The summed E-state index contributed by atoms with van der Waals surface area (Å²) in [5.41, 5.74) is 6.98. The number of nitrogen functional groups attached to an aromatic ring is 1. The fourth-order valence-corrected chi connectivity index (χ4v) is 2.39. The Morgan fingerprint density at radius 1 is 1.04 bits per heavy atom. The minimum Gasteiger partial charge on any atom is -0.477 e. The highest BCUT2D eigenvalue weighted by molar-refractivity contribution is 5.87. The van der Waals surface area contributed by atoms with Crippen molar-refractivity contribution in [3.8, 4) is 16.9 Å². The van der Waals surface area contributed by atoms with Crippen molar-refractivity contribution in [2.24, 2.45) is 0 Å². The lowest BCUT2D eigenvalue weighted by Crippen LogP contribution is -2.18. The third kappa shape index (κ3) is 2.89. The van der Waals surface area contributed by atoms with Gasteiger partial charge in [0.2, 0.25) is 0 Å². The van der Waals surface area contributed by atoms with Crippen LogP contribution in [0.3, 0.4) is 0 Å². The molecule has 120 valence electrons. The van der Waals surface area contributed by atoms with Crippen LogP contribution in [0.2, 0.25) is 0 Å². The maximum atomic E-state index is 13.2. The number of aromatic carboxylic acids is 1. The zero-order chi connectivity index (χ0) is 17.3. The van der Waals surface area contributed by atoms with Gasteiger partial charge in [0.05, 0.1) is 5.69 Å². The van der Waals surface area contributed by atoms with Crippen molar-refractivity contribution in [3.63, 3.8) is 0 Å². The van der Waals surface area contributed by atoms with E-state index in [4.69, 9.17) is 5.73 Å². The molecule has 1 heterocycles. The molecule has 24 heavy (non-hydrogen) atoms. The molecule has 0 bridgehead atoms. The summed E-state index contributed by atoms with van der Waals surface area (Å²) in [5.74, 6) is -1.73. The maximum Gasteiger partial charge on any atom is 0.341 e. The predicted molar refractivity (Wildman–Crippen MR) is 88.8 cm³/mol. The Kier molecular flexibility index (Phi) is 3.87. The van der Waals surface area contributed by atoms with E-state index >= 15 is 0 Å². The number of carboxylic acid groups (broad SMARTS) is 1. The lowest BCUT2D eigenvalue weighted by Gasteiger charge is -2.15. The summed E-state index contributed by atoms with van der Waals surface area (Å²) >= 11 is 0. The molecule has 0 atom stereocenters. The van der Waals surface area contributed by atoms with Crippen LogP contribution in [-0.2, 0) is 0 Å². The third-order valence-electron chi connectivity index (χ3n) is 3.59. The molecule has 6 heteroatoms. The SMILES string of the molecule is Nc1ccc(-c2cc(=O)c(C(=O)O)cn2-c2ccc(F)cc2)cc1. The number of aromatic nitrogens is 1. The number of nitrogens with zero attached hydrogens (tertiary/aromatic N) is 1. The summed E-state index contributed by atoms with van der Waals surface area (Å²) in [5, 5.41) is 9.19. The lowest BCUT2D eigenvalue weighted by molar-refractivity contribution is 0.0695. The number of halogens is 1. The first-order valence-corrected chi connectivity index (χ1v) is 7.07. The summed E-state index contributed by atoms with van der Waals surface area (Å²) in [7, 11) is 0. The molecular formula is C18H13FN2O3. The number of anilines is 1. The van der Waals surface area contributed by atoms with E-state index < -0.39 is 17.2 Å². The number of pyridine rings is 1. The Morgan fingerprint density at radius 2 is 1.67 bits per heavy atom. The molecule has 0 unspecified atom stereocenters. The van der Waals surface area contributed by atoms with Gasteiger partial charge in [-0.05, 0) is 42.0 Å². The summed E-state index contributed by atoms with van der Waals surface area (Å²) < 4.78 is 14.7. The van der Waals surface area contributed by atoms with Crippen molar-refractivity contribution in [2.45, 2.75) is 0 Å². The van der Waals surface area contributed by atoms with E-state index in [1.165, 1.54) is 41.1 Å². The fraction of sp³-hybridized carbons (Fsp3) is 0. The van der Waals surface area contributed by atoms with Gasteiger partial charge in [-0.25, -0.2) is 9.18 Å². The molecule has 0 amide bonds. The smallest absolute Gasteiger partial charge is 0.341 e. The van der Waals surface area contributed by atoms with Crippen molar-refractivity contribution in [1.29, 1.82) is 0 Å². The zero-order valence-electron chi connectivity index (χ0n) is 12.4. The number of hydrogen-bond acceptors (Lipinski definition) is 3. The number of nitrogens with two attached hydrogens (primary N) is 1. The van der Waals surface area contributed by atoms with Crippen LogP contribution in [0.1, 0.15) is 10.4 Å². The molecule has 1 aromatic heterocycles. The quantitative estimate of drug-likeness (QED) is 0.725. The van der Waals surface area contributed by atoms with Gasteiger partial charge < -0.3 is 15.4 Å². The van der Waals surface area contributed by atoms with Crippen LogP contribution >= 0.6 is 0 Å². The molecule has 3 aromatic rings. The lowest BCUT2D eigenvalue weighted by atomic mass is 10.1. The summed E-state index contributed by atoms with van der Waals surface area (Å²) in [6.45, 7) is 0. The number of rotatable bonds is 3. The van der Waals surface area contributed by atoms with Gasteiger partial charge in [0.25, 0.3) is 0 Å². The highest BCUT2D eigenvalue weighted by atomic mass is 19.1. The molecule has 0 saturated heterocycles. The first-order chi connectivity index (χ1) is 11.5. The summed E-state index contributed by atoms with van der Waals surface area (Å²) in [6, 6.07) is 13.6. The number of carboxylic acids is 1. The average molecular weight is 324 g/mol. The Labute approximate surface area is 136 Å². The third-order valence-corrected chi connectivity index (χ3v) is 3.59. The van der Waals surface area contributed by atoms with Gasteiger partial charge in [-0.3, -0.25) is 4.79 Å². The molecule has 0 aliphatic heterocycles.